The Morgan fingerprint density at radius 2 is 0.490 bits per heavy atom. The zero-order chi connectivity index (χ0) is 69.7. The molecule has 0 fully saturated rings. The summed E-state index contributed by atoms with van der Waals surface area (Å²) in [6, 6.07) is 63.0. The van der Waals surface area contributed by atoms with Gasteiger partial charge in [-0.15, -0.1) is 0 Å². The summed E-state index contributed by atoms with van der Waals surface area (Å²) in [6.45, 7) is 6.41. The van der Waals surface area contributed by atoms with Gasteiger partial charge in [-0.2, -0.15) is 0 Å². The summed E-state index contributed by atoms with van der Waals surface area (Å²) in [5, 5.41) is 6.95. The molecule has 12 aromatic heterocycles. The maximum atomic E-state index is 9.87. The van der Waals surface area contributed by atoms with Crippen LogP contribution in [0.3, 0.4) is 0 Å². The minimum Gasteiger partial charge on any atom is -0.354 e. The van der Waals surface area contributed by atoms with E-state index in [0.717, 1.165) is 84.8 Å². The molecule has 12 heterocycles. The predicted molar refractivity (Wildman–Crippen MR) is 373 cm³/mol. The Bertz CT molecular complexity index is 3190. The molecule has 0 aliphatic rings. The van der Waals surface area contributed by atoms with Crippen LogP contribution in [0.25, 0.3) is 45.6 Å². The number of aryl methyl sites for hydroxylation is 2. The summed E-state index contributed by atoms with van der Waals surface area (Å²) in [6.07, 6.45) is 40.4. The molecule has 0 radical (unpaired) electrons. The van der Waals surface area contributed by atoms with Crippen LogP contribution < -0.4 is 23.0 Å². The molecular formula is C72H78Cl3F6N14Os2P-2. The van der Waals surface area contributed by atoms with Crippen molar-refractivity contribution in [2.24, 2.45) is 0 Å². The number of halogens is 9. The molecule has 26 heteroatoms. The molecule has 0 saturated carbocycles. The van der Waals surface area contributed by atoms with Crippen molar-refractivity contribution in [1.82, 2.24) is 69.6 Å². The summed E-state index contributed by atoms with van der Waals surface area (Å²) in [5.41, 5.74) is 9.94. The van der Waals surface area contributed by atoms with E-state index in [1.165, 1.54) is 97.7 Å². The average Bonchev–Trinajstić information content (AvgIpc) is 0.857. The maximum Gasteiger partial charge on any atom is 0.0886 e. The second kappa shape index (κ2) is 50.5. The van der Waals surface area contributed by atoms with Crippen LogP contribution in [0.15, 0.2) is 293 Å². The predicted octanol–water partition coefficient (Wildman–Crippen LogP) is 16.8. The second-order valence-corrected chi connectivity index (χ2v) is 22.3. The van der Waals surface area contributed by atoms with Gasteiger partial charge in [-0.05, 0) is 195 Å². The molecule has 14 nitrogen and oxygen atoms in total. The van der Waals surface area contributed by atoms with Crippen molar-refractivity contribution in [2.45, 2.75) is 77.5 Å². The number of nitrogens with one attached hydrogen (secondary N) is 2. The third kappa shape index (κ3) is 43.4. The molecule has 0 spiro atoms. The van der Waals surface area contributed by atoms with Gasteiger partial charge < -0.3 is 32.2 Å². The van der Waals surface area contributed by atoms with Gasteiger partial charge in [0.1, 0.15) is 0 Å². The largest absolute Gasteiger partial charge is 0.354 e. The van der Waals surface area contributed by atoms with Gasteiger partial charge in [-0.1, -0.05) is 74.2 Å². The van der Waals surface area contributed by atoms with Crippen LogP contribution in [0.2, 0.25) is 0 Å². The zero-order valence-corrected chi connectivity index (χ0v) is 61.8. The van der Waals surface area contributed by atoms with E-state index in [4.69, 9.17) is 0 Å². The van der Waals surface area contributed by atoms with Crippen LogP contribution in [0.1, 0.15) is 62.5 Å². The van der Waals surface area contributed by atoms with Crippen molar-refractivity contribution in [3.8, 4) is 45.6 Å². The van der Waals surface area contributed by atoms with Gasteiger partial charge in [0.05, 0.1) is 45.6 Å². The van der Waals surface area contributed by atoms with Crippen molar-refractivity contribution in [3.63, 3.8) is 0 Å². The van der Waals surface area contributed by atoms with E-state index >= 15 is 0 Å². The Kier molecular flexibility index (Phi) is 43.4. The number of rotatable bonds is 22. The minimum atomic E-state index is -10.7. The number of pyridine rings is 10. The van der Waals surface area contributed by atoms with Crippen molar-refractivity contribution >= 4 is 27.1 Å². The smallest absolute Gasteiger partial charge is 0.0886 e. The number of aromatic nitrogens is 12. The third-order valence-electron chi connectivity index (χ3n) is 12.9. The van der Waals surface area contributed by atoms with Crippen molar-refractivity contribution in [3.05, 3.63) is 304 Å². The van der Waals surface area contributed by atoms with E-state index in [1.54, 1.807) is 49.6 Å². The van der Waals surface area contributed by atoms with E-state index in [0.29, 0.717) is 0 Å². The van der Waals surface area contributed by atoms with Crippen molar-refractivity contribution in [1.29, 1.82) is 0 Å². The summed E-state index contributed by atoms with van der Waals surface area (Å²) in [5.74, 6) is 0. The molecule has 522 valence electrons. The number of unbranched alkanes of at least 4 members (excludes halogenated alkanes) is 6. The van der Waals surface area contributed by atoms with Crippen LogP contribution >= 0.6 is 27.1 Å². The Morgan fingerprint density at radius 3 is 0.684 bits per heavy atom. The van der Waals surface area contributed by atoms with Crippen molar-refractivity contribution < 1.29 is 72.8 Å². The first-order valence-corrected chi connectivity index (χ1v) is 39.1. The van der Waals surface area contributed by atoms with E-state index in [2.05, 4.69) is 162 Å². The first-order chi connectivity index (χ1) is 47.2. The van der Waals surface area contributed by atoms with E-state index < -0.39 is 7.81 Å². The third-order valence-corrected chi connectivity index (χ3v) is 12.9. The average molecular weight is 1770 g/mol. The first-order valence-electron chi connectivity index (χ1n) is 30.8. The van der Waals surface area contributed by atoms with Crippen LogP contribution in [0.4, 0.5) is 25.2 Å². The van der Waals surface area contributed by atoms with E-state index in [9.17, 15) is 25.2 Å². The number of hydrogen-bond donors (Lipinski definition) is 2. The molecule has 98 heavy (non-hydrogen) atoms. The molecule has 0 aliphatic heterocycles. The molecule has 0 aromatic carbocycles. The fourth-order valence-corrected chi connectivity index (χ4v) is 8.42. The fraction of sp³-hybridized carbons (Fsp3) is 0.194. The zero-order valence-electron chi connectivity index (χ0n) is 53.5. The van der Waals surface area contributed by atoms with Gasteiger partial charge in [0.15, 0.2) is 0 Å². The fourth-order valence-electron chi connectivity index (χ4n) is 8.42. The van der Waals surface area contributed by atoms with Crippen LogP contribution in [-0.2, 0) is 61.4 Å². The molecular weight excluding hydrogens is 1690 g/mol. The Hall–Kier alpha value is -7.87. The molecule has 0 bridgehead atoms. The van der Waals surface area contributed by atoms with E-state index in [1.807, 2.05) is 170 Å². The van der Waals surface area contributed by atoms with Crippen LogP contribution in [0, 0.1) is 0 Å². The Labute approximate surface area is 605 Å². The minimum absolute atomic E-state index is 0. The Balaban J connectivity index is 0.000000299. The van der Waals surface area contributed by atoms with Crippen molar-refractivity contribution in [2.75, 3.05) is 13.1 Å². The van der Waals surface area contributed by atoms with Gasteiger partial charge in [0.2, 0.25) is 0 Å². The normalized spacial score (nSPS) is 10.7. The number of nitrogens with zero attached hydrogens (tertiary/aromatic N) is 12. The number of hydrogen-bond acceptors (Lipinski definition) is 12. The van der Waals surface area contributed by atoms with Gasteiger partial charge >= 0.3 is 87.5 Å². The Morgan fingerprint density at radius 1 is 0.286 bits per heavy atom. The van der Waals surface area contributed by atoms with Gasteiger partial charge in [0.25, 0.3) is 0 Å². The molecule has 2 N–H and O–H groups in total. The second-order valence-electron chi connectivity index (χ2n) is 20.4. The first kappa shape index (κ1) is 84.4. The van der Waals surface area contributed by atoms with Crippen LogP contribution in [-0.4, -0.2) is 72.1 Å². The monoisotopic (exact) mass is 1770 g/mol. The van der Waals surface area contributed by atoms with E-state index in [-0.39, 0.29) is 12.4 Å². The summed E-state index contributed by atoms with van der Waals surface area (Å²) >= 11 is 2.67. The molecule has 12 rings (SSSR count). The molecule has 12 aromatic rings. The van der Waals surface area contributed by atoms with Crippen LogP contribution in [0.5, 0.6) is 0 Å². The summed E-state index contributed by atoms with van der Waals surface area (Å²) in [7, 11) is -1.32. The van der Waals surface area contributed by atoms with Gasteiger partial charge in [-0.3, -0.25) is 49.8 Å². The standard InChI is InChI=1S/2C16H23N3.4C10H8N2.3ClH.F6P.2Os/c2*1(2-4-12-19-13-5-6-14-19)3-9-18-15-16-7-10-17-11-8-16;4*1-3-7-11-9(5-1)10-6-2-4-8-12-10;;;;1-7(2,3,4,5)6;;/h2*5-8,10-11,13-14,18H,1-4,9,12,15H2;4*1-8H;3*1H;;;/q;;;;;;;;;-1;2*+1/p-3. The maximum absolute atomic E-state index is 10.7. The topological polar surface area (TPSA) is 163 Å². The molecule has 0 saturated heterocycles. The molecule has 0 aliphatic carbocycles. The van der Waals surface area contributed by atoms with Gasteiger partial charge in [-0.25, -0.2) is 0 Å². The molecule has 0 amide bonds. The molecule has 0 atom stereocenters. The van der Waals surface area contributed by atoms with Gasteiger partial charge in [0, 0.05) is 125 Å². The summed E-state index contributed by atoms with van der Waals surface area (Å²) < 4.78 is 63.7. The molecule has 0 unspecified atom stereocenters. The SMILES string of the molecule is F[P-](F)(F)(F)(F)F.[Cl-].[Cl][Os].[Cl][Os].c1ccc(-c2ccccn2)nc1.c1ccc(-c2ccccn2)nc1.c1ccc(-c2ccccn2)nc1.c1ccc(-c2ccccn2)nc1.c1ccn(CCCCCCNCc2ccncc2)c1.c1ccn(CCCCCCNCc2ccncc2)c1. The summed E-state index contributed by atoms with van der Waals surface area (Å²) in [4.78, 5) is 41.5. The quantitative estimate of drug-likeness (QED) is 0.0376.